The van der Waals surface area contributed by atoms with Crippen LogP contribution in [0.3, 0.4) is 0 Å². The van der Waals surface area contributed by atoms with Gasteiger partial charge in [0.25, 0.3) is 0 Å². The molecule has 0 aliphatic carbocycles. The van der Waals surface area contributed by atoms with Gasteiger partial charge in [0.1, 0.15) is 0 Å². The zero-order valence-electron chi connectivity index (χ0n) is 7.55. The number of aliphatic carboxylic acids is 1. The minimum atomic E-state index is -0.678. The van der Waals surface area contributed by atoms with Crippen molar-refractivity contribution in [2.45, 2.75) is 38.6 Å². The van der Waals surface area contributed by atoms with E-state index in [1.54, 1.807) is 6.92 Å². The zero-order valence-corrected chi connectivity index (χ0v) is 7.55. The summed E-state index contributed by atoms with van der Waals surface area (Å²) in [6.07, 6.45) is 4.38. The number of nitrogens with one attached hydrogen (secondary N) is 1. The molecule has 0 unspecified atom stereocenters. The molecule has 12 heavy (non-hydrogen) atoms. The van der Waals surface area contributed by atoms with E-state index in [0.717, 1.165) is 19.4 Å². The first kappa shape index (κ1) is 9.52. The van der Waals surface area contributed by atoms with Crippen molar-refractivity contribution in [2.24, 2.45) is 5.92 Å². The van der Waals surface area contributed by atoms with E-state index in [9.17, 15) is 4.79 Å². The van der Waals surface area contributed by atoms with Gasteiger partial charge in [-0.05, 0) is 25.8 Å². The first-order valence-electron chi connectivity index (χ1n) is 4.66. The Balaban J connectivity index is 2.24. The molecule has 70 valence electrons. The van der Waals surface area contributed by atoms with Gasteiger partial charge in [-0.2, -0.15) is 0 Å². The highest BCUT2D eigenvalue weighted by Crippen LogP contribution is 2.14. The van der Waals surface area contributed by atoms with Crippen LogP contribution in [0.25, 0.3) is 0 Å². The van der Waals surface area contributed by atoms with Crippen molar-refractivity contribution in [3.63, 3.8) is 0 Å². The molecule has 1 fully saturated rings. The summed E-state index contributed by atoms with van der Waals surface area (Å²) in [4.78, 5) is 10.5. The van der Waals surface area contributed by atoms with Crippen molar-refractivity contribution in [2.75, 3.05) is 6.54 Å². The number of piperidine rings is 1. The number of hydrogen-bond acceptors (Lipinski definition) is 2. The maximum absolute atomic E-state index is 10.5. The maximum atomic E-state index is 10.5. The van der Waals surface area contributed by atoms with Crippen LogP contribution < -0.4 is 5.32 Å². The van der Waals surface area contributed by atoms with E-state index in [2.05, 4.69) is 5.32 Å². The van der Waals surface area contributed by atoms with Crippen molar-refractivity contribution in [1.82, 2.24) is 5.32 Å². The summed E-state index contributed by atoms with van der Waals surface area (Å²) in [5.74, 6) is -0.886. The van der Waals surface area contributed by atoms with Crippen LogP contribution in [0.4, 0.5) is 0 Å². The van der Waals surface area contributed by atoms with E-state index in [1.165, 1.54) is 12.8 Å². The Bertz CT molecular complexity index is 153. The summed E-state index contributed by atoms with van der Waals surface area (Å²) < 4.78 is 0. The van der Waals surface area contributed by atoms with Gasteiger partial charge in [0.2, 0.25) is 0 Å². The smallest absolute Gasteiger partial charge is 0.306 e. The minimum Gasteiger partial charge on any atom is -0.481 e. The lowest BCUT2D eigenvalue weighted by molar-refractivity contribution is -0.141. The van der Waals surface area contributed by atoms with E-state index >= 15 is 0 Å². The third-order valence-corrected chi connectivity index (χ3v) is 2.47. The van der Waals surface area contributed by atoms with E-state index in [1.807, 2.05) is 0 Å². The standard InChI is InChI=1S/C9H17NO2/c1-7(9(11)12)6-8-4-2-3-5-10-8/h7-8,10H,2-6H2,1H3,(H,11,12)/t7-,8-/m1/s1. The van der Waals surface area contributed by atoms with E-state index in [4.69, 9.17) is 5.11 Å². The Hall–Kier alpha value is -0.570. The number of carboxylic acid groups (broad SMARTS) is 1. The molecule has 0 spiro atoms. The first-order chi connectivity index (χ1) is 5.70. The zero-order chi connectivity index (χ0) is 8.97. The summed E-state index contributed by atoms with van der Waals surface area (Å²) in [7, 11) is 0. The summed E-state index contributed by atoms with van der Waals surface area (Å²) in [5.41, 5.74) is 0. The van der Waals surface area contributed by atoms with Gasteiger partial charge in [0.15, 0.2) is 0 Å². The number of rotatable bonds is 3. The van der Waals surface area contributed by atoms with Crippen LogP contribution >= 0.6 is 0 Å². The van der Waals surface area contributed by atoms with E-state index < -0.39 is 5.97 Å². The SMILES string of the molecule is C[C@H](C[C@H]1CCCCN1)C(=O)O. The van der Waals surface area contributed by atoms with Crippen molar-refractivity contribution >= 4 is 5.97 Å². The van der Waals surface area contributed by atoms with Crippen molar-refractivity contribution in [3.05, 3.63) is 0 Å². The molecule has 3 heteroatoms. The molecule has 1 heterocycles. The Labute approximate surface area is 73.2 Å². The topological polar surface area (TPSA) is 49.3 Å². The predicted octanol–water partition coefficient (Wildman–Crippen LogP) is 1.24. The van der Waals surface area contributed by atoms with Crippen LogP contribution in [0.1, 0.15) is 32.6 Å². The lowest BCUT2D eigenvalue weighted by Crippen LogP contribution is -2.36. The lowest BCUT2D eigenvalue weighted by Gasteiger charge is -2.24. The van der Waals surface area contributed by atoms with Crippen LogP contribution in [0.15, 0.2) is 0 Å². The van der Waals surface area contributed by atoms with Gasteiger partial charge < -0.3 is 10.4 Å². The molecule has 1 saturated heterocycles. The number of carbonyl (C=O) groups is 1. The molecule has 0 amide bonds. The fraction of sp³-hybridized carbons (Fsp3) is 0.889. The molecule has 1 aliphatic heterocycles. The summed E-state index contributed by atoms with van der Waals surface area (Å²) >= 11 is 0. The molecule has 0 radical (unpaired) electrons. The average Bonchev–Trinajstić information content (AvgIpc) is 2.06. The predicted molar refractivity (Wildman–Crippen MR) is 47.1 cm³/mol. The Morgan fingerprint density at radius 3 is 2.92 bits per heavy atom. The minimum absolute atomic E-state index is 0.208. The molecule has 0 aromatic carbocycles. The van der Waals surface area contributed by atoms with Crippen LogP contribution in [-0.2, 0) is 4.79 Å². The molecule has 0 saturated carbocycles. The molecule has 2 atom stereocenters. The van der Waals surface area contributed by atoms with Gasteiger partial charge >= 0.3 is 5.97 Å². The van der Waals surface area contributed by atoms with Gasteiger partial charge in [-0.1, -0.05) is 13.3 Å². The Morgan fingerprint density at radius 2 is 2.42 bits per heavy atom. The second-order valence-corrected chi connectivity index (χ2v) is 3.62. The third kappa shape index (κ3) is 2.81. The molecular weight excluding hydrogens is 154 g/mol. The molecule has 2 N–H and O–H groups in total. The molecule has 0 bridgehead atoms. The van der Waals surface area contributed by atoms with Crippen LogP contribution in [0.2, 0.25) is 0 Å². The van der Waals surface area contributed by atoms with Gasteiger partial charge in [-0.25, -0.2) is 0 Å². The largest absolute Gasteiger partial charge is 0.481 e. The van der Waals surface area contributed by atoms with Gasteiger partial charge in [0.05, 0.1) is 5.92 Å². The van der Waals surface area contributed by atoms with Gasteiger partial charge in [-0.15, -0.1) is 0 Å². The Kier molecular flexibility index (Phi) is 3.53. The quantitative estimate of drug-likeness (QED) is 0.671. The maximum Gasteiger partial charge on any atom is 0.306 e. The fourth-order valence-electron chi connectivity index (χ4n) is 1.65. The lowest BCUT2D eigenvalue weighted by atomic mass is 9.95. The second kappa shape index (κ2) is 4.45. The van der Waals surface area contributed by atoms with Crippen molar-refractivity contribution in [3.8, 4) is 0 Å². The van der Waals surface area contributed by atoms with Gasteiger partial charge in [-0.3, -0.25) is 4.79 Å². The van der Waals surface area contributed by atoms with Gasteiger partial charge in [0, 0.05) is 6.04 Å². The molecule has 1 aliphatic rings. The summed E-state index contributed by atoms with van der Waals surface area (Å²) in [6, 6.07) is 0.435. The highest BCUT2D eigenvalue weighted by Gasteiger charge is 2.19. The van der Waals surface area contributed by atoms with Crippen molar-refractivity contribution in [1.29, 1.82) is 0 Å². The van der Waals surface area contributed by atoms with Crippen LogP contribution in [-0.4, -0.2) is 23.7 Å². The highest BCUT2D eigenvalue weighted by atomic mass is 16.4. The monoisotopic (exact) mass is 171 g/mol. The van der Waals surface area contributed by atoms with E-state index in [-0.39, 0.29) is 5.92 Å². The van der Waals surface area contributed by atoms with Crippen molar-refractivity contribution < 1.29 is 9.90 Å². The average molecular weight is 171 g/mol. The summed E-state index contributed by atoms with van der Waals surface area (Å²) in [6.45, 7) is 2.83. The fourth-order valence-corrected chi connectivity index (χ4v) is 1.65. The third-order valence-electron chi connectivity index (χ3n) is 2.47. The normalized spacial score (nSPS) is 26.6. The molecule has 3 nitrogen and oxygen atoms in total. The first-order valence-corrected chi connectivity index (χ1v) is 4.66. The van der Waals surface area contributed by atoms with Crippen LogP contribution in [0, 0.1) is 5.92 Å². The molecule has 1 rings (SSSR count). The molecule has 0 aromatic heterocycles. The number of carboxylic acids is 1. The highest BCUT2D eigenvalue weighted by molar-refractivity contribution is 5.69. The molecular formula is C9H17NO2. The second-order valence-electron chi connectivity index (χ2n) is 3.62. The summed E-state index contributed by atoms with van der Waals surface area (Å²) in [5, 5.41) is 12.0. The number of hydrogen-bond donors (Lipinski definition) is 2. The molecule has 0 aromatic rings. The Morgan fingerprint density at radius 1 is 1.67 bits per heavy atom. The van der Waals surface area contributed by atoms with Crippen LogP contribution in [0.5, 0.6) is 0 Å². The van der Waals surface area contributed by atoms with E-state index in [0.29, 0.717) is 6.04 Å².